The Kier molecular flexibility index (Phi) is 6.16. The third-order valence-corrected chi connectivity index (χ3v) is 3.07. The minimum atomic E-state index is -0.328. The molecule has 0 fully saturated rings. The average molecular weight is 224 g/mol. The number of allylic oxidation sites excluding steroid dienone is 1. The quantitative estimate of drug-likeness (QED) is 0.679. The SMILES string of the molecule is CCC[C@H](N)C(=O)NCCC1=CCCCC1. The van der Waals surface area contributed by atoms with Crippen molar-refractivity contribution in [3.8, 4) is 0 Å². The summed E-state index contributed by atoms with van der Waals surface area (Å²) in [6, 6.07) is -0.328. The number of hydrogen-bond donors (Lipinski definition) is 2. The molecule has 1 aliphatic rings. The normalized spacial score (nSPS) is 17.8. The second kappa shape index (κ2) is 7.44. The minimum Gasteiger partial charge on any atom is -0.354 e. The molecule has 0 bridgehead atoms. The van der Waals surface area contributed by atoms with E-state index in [1.54, 1.807) is 0 Å². The molecule has 0 aliphatic heterocycles. The van der Waals surface area contributed by atoms with Crippen LogP contribution in [0.15, 0.2) is 11.6 Å². The van der Waals surface area contributed by atoms with E-state index in [-0.39, 0.29) is 11.9 Å². The van der Waals surface area contributed by atoms with Gasteiger partial charge in [0.2, 0.25) is 5.91 Å². The Hall–Kier alpha value is -0.830. The van der Waals surface area contributed by atoms with Crippen molar-refractivity contribution in [1.29, 1.82) is 0 Å². The van der Waals surface area contributed by atoms with Crippen LogP contribution in [0.4, 0.5) is 0 Å². The molecule has 0 aromatic carbocycles. The lowest BCUT2D eigenvalue weighted by Gasteiger charge is -2.14. The Labute approximate surface area is 98.5 Å². The molecule has 3 N–H and O–H groups in total. The molecule has 16 heavy (non-hydrogen) atoms. The van der Waals surface area contributed by atoms with E-state index < -0.39 is 0 Å². The third kappa shape index (κ3) is 4.79. The highest BCUT2D eigenvalue weighted by molar-refractivity contribution is 5.81. The molecule has 0 unspecified atom stereocenters. The minimum absolute atomic E-state index is 0.00161. The smallest absolute Gasteiger partial charge is 0.236 e. The summed E-state index contributed by atoms with van der Waals surface area (Å²) in [5, 5.41) is 2.91. The van der Waals surface area contributed by atoms with Gasteiger partial charge in [0.05, 0.1) is 6.04 Å². The van der Waals surface area contributed by atoms with Gasteiger partial charge < -0.3 is 11.1 Å². The van der Waals surface area contributed by atoms with E-state index >= 15 is 0 Å². The number of nitrogens with two attached hydrogens (primary N) is 1. The summed E-state index contributed by atoms with van der Waals surface area (Å²) in [7, 11) is 0. The first-order chi connectivity index (χ1) is 7.74. The Morgan fingerprint density at radius 2 is 2.38 bits per heavy atom. The van der Waals surface area contributed by atoms with Gasteiger partial charge in [0.1, 0.15) is 0 Å². The van der Waals surface area contributed by atoms with Gasteiger partial charge in [0.25, 0.3) is 0 Å². The number of carbonyl (C=O) groups is 1. The van der Waals surface area contributed by atoms with Crippen LogP contribution in [0.3, 0.4) is 0 Å². The topological polar surface area (TPSA) is 55.1 Å². The van der Waals surface area contributed by atoms with Gasteiger partial charge in [-0.15, -0.1) is 0 Å². The summed E-state index contributed by atoms with van der Waals surface area (Å²) in [5.74, 6) is -0.00161. The van der Waals surface area contributed by atoms with Crippen molar-refractivity contribution in [3.05, 3.63) is 11.6 Å². The third-order valence-electron chi connectivity index (χ3n) is 3.07. The number of carbonyl (C=O) groups excluding carboxylic acids is 1. The van der Waals surface area contributed by atoms with Crippen molar-refractivity contribution in [2.45, 2.75) is 57.9 Å². The van der Waals surface area contributed by atoms with Crippen LogP contribution < -0.4 is 11.1 Å². The van der Waals surface area contributed by atoms with Gasteiger partial charge >= 0.3 is 0 Å². The molecule has 0 aromatic rings. The Morgan fingerprint density at radius 3 is 3.00 bits per heavy atom. The zero-order valence-electron chi connectivity index (χ0n) is 10.3. The van der Waals surface area contributed by atoms with E-state index in [0.29, 0.717) is 0 Å². The molecule has 1 rings (SSSR count). The van der Waals surface area contributed by atoms with Crippen molar-refractivity contribution in [2.24, 2.45) is 5.73 Å². The number of nitrogens with one attached hydrogen (secondary N) is 1. The van der Waals surface area contributed by atoms with E-state index in [1.807, 2.05) is 6.92 Å². The van der Waals surface area contributed by atoms with Crippen molar-refractivity contribution >= 4 is 5.91 Å². The van der Waals surface area contributed by atoms with Crippen molar-refractivity contribution < 1.29 is 4.79 Å². The summed E-state index contributed by atoms with van der Waals surface area (Å²) in [5.41, 5.74) is 7.22. The molecule has 1 atom stereocenters. The van der Waals surface area contributed by atoms with E-state index in [1.165, 1.54) is 31.3 Å². The van der Waals surface area contributed by atoms with Crippen LogP contribution in [0, 0.1) is 0 Å². The molecule has 0 saturated carbocycles. The molecule has 1 amide bonds. The standard InChI is InChI=1S/C13H24N2O/c1-2-6-12(14)13(16)15-10-9-11-7-4-3-5-8-11/h7,12H,2-6,8-10,14H2,1H3,(H,15,16)/t12-/m0/s1. The fraction of sp³-hybridized carbons (Fsp3) is 0.769. The molecular formula is C13H24N2O. The number of amides is 1. The molecule has 0 saturated heterocycles. The van der Waals surface area contributed by atoms with E-state index in [9.17, 15) is 4.79 Å². The van der Waals surface area contributed by atoms with Crippen LogP contribution in [-0.4, -0.2) is 18.5 Å². The molecule has 1 aliphatic carbocycles. The summed E-state index contributed by atoms with van der Waals surface area (Å²) in [4.78, 5) is 11.5. The first kappa shape index (κ1) is 13.2. The molecule has 0 spiro atoms. The highest BCUT2D eigenvalue weighted by Gasteiger charge is 2.11. The Morgan fingerprint density at radius 1 is 1.56 bits per heavy atom. The largest absolute Gasteiger partial charge is 0.354 e. The van der Waals surface area contributed by atoms with Gasteiger partial charge in [0, 0.05) is 6.54 Å². The van der Waals surface area contributed by atoms with Crippen LogP contribution >= 0.6 is 0 Å². The van der Waals surface area contributed by atoms with Crippen LogP contribution in [0.25, 0.3) is 0 Å². The molecular weight excluding hydrogens is 200 g/mol. The fourth-order valence-corrected chi connectivity index (χ4v) is 2.05. The second-order valence-corrected chi connectivity index (χ2v) is 4.54. The predicted molar refractivity (Wildman–Crippen MR) is 67.1 cm³/mol. The maximum Gasteiger partial charge on any atom is 0.236 e. The van der Waals surface area contributed by atoms with Gasteiger partial charge in [0.15, 0.2) is 0 Å². The molecule has 3 heteroatoms. The summed E-state index contributed by atoms with van der Waals surface area (Å²) in [6.07, 6.45) is 10.1. The molecule has 92 valence electrons. The Bertz CT molecular complexity index is 248. The summed E-state index contributed by atoms with van der Waals surface area (Å²) < 4.78 is 0. The highest BCUT2D eigenvalue weighted by Crippen LogP contribution is 2.19. The first-order valence-corrected chi connectivity index (χ1v) is 6.45. The zero-order valence-corrected chi connectivity index (χ0v) is 10.3. The maximum atomic E-state index is 11.5. The molecule has 0 aromatic heterocycles. The van der Waals surface area contributed by atoms with E-state index in [0.717, 1.165) is 25.8 Å². The lowest BCUT2D eigenvalue weighted by Crippen LogP contribution is -2.40. The number of rotatable bonds is 6. The van der Waals surface area contributed by atoms with Crippen LogP contribution in [0.5, 0.6) is 0 Å². The highest BCUT2D eigenvalue weighted by atomic mass is 16.2. The van der Waals surface area contributed by atoms with Gasteiger partial charge in [-0.05, 0) is 38.5 Å². The molecule has 3 nitrogen and oxygen atoms in total. The number of hydrogen-bond acceptors (Lipinski definition) is 2. The van der Waals surface area contributed by atoms with E-state index in [4.69, 9.17) is 5.73 Å². The maximum absolute atomic E-state index is 11.5. The van der Waals surface area contributed by atoms with Crippen LogP contribution in [-0.2, 0) is 4.79 Å². The van der Waals surface area contributed by atoms with Crippen molar-refractivity contribution in [1.82, 2.24) is 5.32 Å². The summed E-state index contributed by atoms with van der Waals surface area (Å²) in [6.45, 7) is 2.78. The molecule has 0 heterocycles. The van der Waals surface area contributed by atoms with Crippen molar-refractivity contribution in [2.75, 3.05) is 6.54 Å². The average Bonchev–Trinajstić information content (AvgIpc) is 2.30. The van der Waals surface area contributed by atoms with Crippen LogP contribution in [0.1, 0.15) is 51.9 Å². The molecule has 0 radical (unpaired) electrons. The Balaban J connectivity index is 2.14. The van der Waals surface area contributed by atoms with Crippen molar-refractivity contribution in [3.63, 3.8) is 0 Å². The fourth-order valence-electron chi connectivity index (χ4n) is 2.05. The van der Waals surface area contributed by atoms with Gasteiger partial charge in [-0.3, -0.25) is 4.79 Å². The lowest BCUT2D eigenvalue weighted by atomic mass is 9.97. The second-order valence-electron chi connectivity index (χ2n) is 4.54. The van der Waals surface area contributed by atoms with Gasteiger partial charge in [-0.2, -0.15) is 0 Å². The monoisotopic (exact) mass is 224 g/mol. The van der Waals surface area contributed by atoms with Gasteiger partial charge in [-0.1, -0.05) is 25.0 Å². The lowest BCUT2D eigenvalue weighted by molar-refractivity contribution is -0.122. The first-order valence-electron chi connectivity index (χ1n) is 6.45. The zero-order chi connectivity index (χ0) is 11.8. The van der Waals surface area contributed by atoms with Crippen LogP contribution in [0.2, 0.25) is 0 Å². The summed E-state index contributed by atoms with van der Waals surface area (Å²) >= 11 is 0. The van der Waals surface area contributed by atoms with E-state index in [2.05, 4.69) is 11.4 Å². The van der Waals surface area contributed by atoms with Gasteiger partial charge in [-0.25, -0.2) is 0 Å². The predicted octanol–water partition coefficient (Wildman–Crippen LogP) is 2.12.